The van der Waals surface area contributed by atoms with Gasteiger partial charge < -0.3 is 4.90 Å². The third-order valence-electron chi connectivity index (χ3n) is 3.68. The van der Waals surface area contributed by atoms with Crippen LogP contribution >= 0.6 is 0 Å². The van der Waals surface area contributed by atoms with Crippen molar-refractivity contribution in [2.24, 2.45) is 0 Å². The molecular weight excluding hydrogens is 252 g/mol. The van der Waals surface area contributed by atoms with Crippen LogP contribution in [-0.2, 0) is 0 Å². The molecule has 0 unspecified atom stereocenters. The minimum atomic E-state index is -0.129. The number of rotatable bonds is 1. The molecule has 1 aliphatic heterocycles. The highest BCUT2D eigenvalue weighted by molar-refractivity contribution is 5.59. The zero-order valence-electron chi connectivity index (χ0n) is 11.5. The van der Waals surface area contributed by atoms with E-state index in [2.05, 4.69) is 16.0 Å². The lowest BCUT2D eigenvalue weighted by atomic mass is 10.1. The molecule has 1 saturated heterocycles. The zero-order valence-corrected chi connectivity index (χ0v) is 11.5. The van der Waals surface area contributed by atoms with E-state index in [0.29, 0.717) is 17.0 Å². The van der Waals surface area contributed by atoms with E-state index in [1.54, 1.807) is 18.3 Å². The molecule has 0 atom stereocenters. The number of fused-ring (bicyclic) bond motifs is 1. The monoisotopic (exact) mass is 268 g/mol. The van der Waals surface area contributed by atoms with Crippen molar-refractivity contribution in [2.75, 3.05) is 18.0 Å². The molecule has 0 radical (unpaired) electrons. The van der Waals surface area contributed by atoms with Gasteiger partial charge in [-0.2, -0.15) is 5.26 Å². The van der Waals surface area contributed by atoms with Gasteiger partial charge in [0, 0.05) is 25.4 Å². The van der Waals surface area contributed by atoms with Gasteiger partial charge in [-0.1, -0.05) is 0 Å². The number of nitriles is 1. The van der Waals surface area contributed by atoms with Crippen LogP contribution in [0.2, 0.25) is 0 Å². The lowest BCUT2D eigenvalue weighted by molar-refractivity contribution is 0.573. The maximum Gasteiger partial charge on any atom is 0.259 e. The number of aromatic nitrogens is 2. The summed E-state index contributed by atoms with van der Waals surface area (Å²) >= 11 is 0. The molecule has 1 aliphatic rings. The summed E-state index contributed by atoms with van der Waals surface area (Å²) < 4.78 is 1.46. The minimum absolute atomic E-state index is 0.129. The molecule has 0 spiro atoms. The van der Waals surface area contributed by atoms with Gasteiger partial charge in [-0.05, 0) is 37.8 Å². The maximum atomic E-state index is 12.2. The first-order valence-corrected chi connectivity index (χ1v) is 6.88. The number of nitrogens with zero attached hydrogens (tertiary/aromatic N) is 4. The summed E-state index contributed by atoms with van der Waals surface area (Å²) in [7, 11) is 0. The first-order chi connectivity index (χ1) is 9.69. The lowest BCUT2D eigenvalue weighted by Gasteiger charge is -2.27. The number of aryl methyl sites for hydroxylation is 1. The quantitative estimate of drug-likeness (QED) is 0.792. The molecule has 102 valence electrons. The minimum Gasteiger partial charge on any atom is -0.356 e. The number of pyridine rings is 1. The molecular formula is C15H16N4O. The molecule has 2 aromatic heterocycles. The molecule has 3 rings (SSSR count). The second-order valence-electron chi connectivity index (χ2n) is 5.24. The molecule has 0 saturated carbocycles. The summed E-state index contributed by atoms with van der Waals surface area (Å²) in [5.41, 5.74) is 1.64. The van der Waals surface area contributed by atoms with Crippen molar-refractivity contribution in [3.63, 3.8) is 0 Å². The van der Waals surface area contributed by atoms with Crippen LogP contribution < -0.4 is 10.5 Å². The summed E-state index contributed by atoms with van der Waals surface area (Å²) in [5.74, 6) is 0.690. The van der Waals surface area contributed by atoms with E-state index >= 15 is 0 Å². The van der Waals surface area contributed by atoms with Gasteiger partial charge in [0.15, 0.2) is 5.65 Å². The van der Waals surface area contributed by atoms with Crippen LogP contribution in [0.15, 0.2) is 23.1 Å². The van der Waals surface area contributed by atoms with Gasteiger partial charge in [0.1, 0.15) is 11.9 Å². The Morgan fingerprint density at radius 1 is 1.25 bits per heavy atom. The van der Waals surface area contributed by atoms with Crippen molar-refractivity contribution in [3.05, 3.63) is 39.8 Å². The third kappa shape index (κ3) is 2.14. The Kier molecular flexibility index (Phi) is 3.15. The number of hydrogen-bond acceptors (Lipinski definition) is 4. The van der Waals surface area contributed by atoms with Crippen LogP contribution in [-0.4, -0.2) is 22.5 Å². The van der Waals surface area contributed by atoms with Gasteiger partial charge in [0.05, 0.1) is 5.56 Å². The molecule has 5 nitrogen and oxygen atoms in total. The molecule has 20 heavy (non-hydrogen) atoms. The molecule has 0 aliphatic carbocycles. The highest BCUT2D eigenvalue weighted by Crippen LogP contribution is 2.18. The molecule has 3 heterocycles. The zero-order chi connectivity index (χ0) is 14.1. The predicted molar refractivity (Wildman–Crippen MR) is 77.0 cm³/mol. The number of hydrogen-bond donors (Lipinski definition) is 0. The summed E-state index contributed by atoms with van der Waals surface area (Å²) in [6.07, 6.45) is 5.21. The summed E-state index contributed by atoms with van der Waals surface area (Å²) in [4.78, 5) is 18.9. The number of anilines is 1. The molecule has 1 fully saturated rings. The van der Waals surface area contributed by atoms with Gasteiger partial charge in [0.2, 0.25) is 0 Å². The Morgan fingerprint density at radius 3 is 2.70 bits per heavy atom. The van der Waals surface area contributed by atoms with Crippen molar-refractivity contribution in [1.29, 1.82) is 5.26 Å². The van der Waals surface area contributed by atoms with Crippen LogP contribution in [0.3, 0.4) is 0 Å². The fourth-order valence-corrected chi connectivity index (χ4v) is 2.69. The highest BCUT2D eigenvalue weighted by atomic mass is 16.1. The van der Waals surface area contributed by atoms with Crippen LogP contribution in [0.4, 0.5) is 5.82 Å². The van der Waals surface area contributed by atoms with Gasteiger partial charge in [0.25, 0.3) is 5.56 Å². The van der Waals surface area contributed by atoms with Crippen LogP contribution in [0.25, 0.3) is 5.65 Å². The van der Waals surface area contributed by atoms with Gasteiger partial charge in [-0.25, -0.2) is 4.98 Å². The lowest BCUT2D eigenvalue weighted by Crippen LogP contribution is -2.32. The smallest absolute Gasteiger partial charge is 0.259 e. The highest BCUT2D eigenvalue weighted by Gasteiger charge is 2.15. The molecule has 0 aromatic carbocycles. The van der Waals surface area contributed by atoms with E-state index in [4.69, 9.17) is 0 Å². The van der Waals surface area contributed by atoms with Crippen molar-refractivity contribution >= 4 is 11.5 Å². The molecule has 2 aromatic rings. The maximum absolute atomic E-state index is 12.2. The standard InChI is InChI=1S/C15H16N4O/c1-11-7-12(9-16)15-17-13(8-14(20)19(15)10-11)18-5-3-2-4-6-18/h7-8,10H,2-6H2,1H3. The fraction of sp³-hybridized carbons (Fsp3) is 0.400. The normalized spacial score (nSPS) is 15.3. The van der Waals surface area contributed by atoms with E-state index in [1.165, 1.54) is 10.8 Å². The molecule has 0 N–H and O–H groups in total. The van der Waals surface area contributed by atoms with Crippen molar-refractivity contribution in [1.82, 2.24) is 9.38 Å². The predicted octanol–water partition coefficient (Wildman–Crippen LogP) is 1.86. The summed E-state index contributed by atoms with van der Waals surface area (Å²) in [6.45, 7) is 3.72. The second-order valence-corrected chi connectivity index (χ2v) is 5.24. The van der Waals surface area contributed by atoms with Gasteiger partial charge >= 0.3 is 0 Å². The average molecular weight is 268 g/mol. The van der Waals surface area contributed by atoms with E-state index in [-0.39, 0.29) is 5.56 Å². The first-order valence-electron chi connectivity index (χ1n) is 6.88. The Morgan fingerprint density at radius 2 is 2.00 bits per heavy atom. The second kappa shape index (κ2) is 4.97. The molecule has 0 amide bonds. The average Bonchev–Trinajstić information content (AvgIpc) is 2.48. The Labute approximate surface area is 117 Å². The topological polar surface area (TPSA) is 61.4 Å². The van der Waals surface area contributed by atoms with Crippen molar-refractivity contribution in [2.45, 2.75) is 26.2 Å². The summed E-state index contributed by atoms with van der Waals surface area (Å²) in [5, 5.41) is 9.23. The SMILES string of the molecule is Cc1cc(C#N)c2nc(N3CCCCC3)cc(=O)n2c1. The Balaban J connectivity index is 2.20. The van der Waals surface area contributed by atoms with E-state index < -0.39 is 0 Å². The molecule has 0 bridgehead atoms. The summed E-state index contributed by atoms with van der Waals surface area (Å²) in [6, 6.07) is 5.46. The van der Waals surface area contributed by atoms with E-state index in [1.807, 2.05) is 6.92 Å². The van der Waals surface area contributed by atoms with Crippen LogP contribution in [0.5, 0.6) is 0 Å². The third-order valence-corrected chi connectivity index (χ3v) is 3.68. The largest absolute Gasteiger partial charge is 0.356 e. The van der Waals surface area contributed by atoms with Crippen molar-refractivity contribution < 1.29 is 0 Å². The van der Waals surface area contributed by atoms with E-state index in [0.717, 1.165) is 31.5 Å². The van der Waals surface area contributed by atoms with Gasteiger partial charge in [-0.3, -0.25) is 9.20 Å². The number of piperidine rings is 1. The van der Waals surface area contributed by atoms with E-state index in [9.17, 15) is 10.1 Å². The Bertz CT molecular complexity index is 751. The Hall–Kier alpha value is -2.35. The van der Waals surface area contributed by atoms with Crippen molar-refractivity contribution in [3.8, 4) is 6.07 Å². The molecule has 5 heteroatoms. The van der Waals surface area contributed by atoms with Crippen LogP contribution in [0.1, 0.15) is 30.4 Å². The first kappa shape index (κ1) is 12.7. The van der Waals surface area contributed by atoms with Gasteiger partial charge in [-0.15, -0.1) is 0 Å². The van der Waals surface area contributed by atoms with Crippen LogP contribution in [0, 0.1) is 18.3 Å². The fourth-order valence-electron chi connectivity index (χ4n) is 2.69.